The summed E-state index contributed by atoms with van der Waals surface area (Å²) in [5.41, 5.74) is 1.52. The number of rotatable bonds is 5. The number of carbonyl (C=O) groups is 1. The van der Waals surface area contributed by atoms with Gasteiger partial charge in [0.1, 0.15) is 11.3 Å². The third kappa shape index (κ3) is 4.16. The van der Waals surface area contributed by atoms with Crippen LogP contribution < -0.4 is 4.74 Å². The summed E-state index contributed by atoms with van der Waals surface area (Å²) in [6, 6.07) is 3.91. The largest absolute Gasteiger partial charge is 0.495 e. The number of methoxy groups -OCH3 is 2. The van der Waals surface area contributed by atoms with E-state index in [4.69, 9.17) is 9.47 Å². The minimum atomic E-state index is -0.340. The zero-order chi connectivity index (χ0) is 15.2. The van der Waals surface area contributed by atoms with Crippen molar-refractivity contribution in [2.24, 2.45) is 0 Å². The number of carbonyl (C=O) groups excluding carboxylic acids is 1. The maximum Gasteiger partial charge on any atom is 0.342 e. The molecular weight excluding hydrogens is 352 g/mol. The monoisotopic (exact) mass is 372 g/mol. The van der Waals surface area contributed by atoms with Crippen molar-refractivity contribution in [2.75, 3.05) is 14.2 Å². The van der Waals surface area contributed by atoms with E-state index in [-0.39, 0.29) is 5.97 Å². The second-order valence-electron chi connectivity index (χ2n) is 5.18. The van der Waals surface area contributed by atoms with Gasteiger partial charge >= 0.3 is 5.97 Å². The van der Waals surface area contributed by atoms with Crippen molar-refractivity contribution in [3.05, 3.63) is 27.7 Å². The summed E-state index contributed by atoms with van der Waals surface area (Å²) in [5.74, 6) is 1.04. The number of ether oxygens (including phenoxy) is 2. The molecule has 0 amide bonds. The number of hydrogen-bond donors (Lipinski definition) is 0. The molecule has 0 spiro atoms. The highest BCUT2D eigenvalue weighted by Gasteiger charge is 2.22. The van der Waals surface area contributed by atoms with E-state index in [0.29, 0.717) is 16.6 Å². The molecule has 1 fully saturated rings. The van der Waals surface area contributed by atoms with Crippen molar-refractivity contribution in [2.45, 2.75) is 43.1 Å². The Morgan fingerprint density at radius 3 is 2.62 bits per heavy atom. The van der Waals surface area contributed by atoms with Crippen LogP contribution in [0.5, 0.6) is 5.75 Å². The molecule has 0 aromatic heterocycles. The number of hydrogen-bond acceptors (Lipinski definition) is 4. The molecule has 21 heavy (non-hydrogen) atoms. The molecule has 1 saturated carbocycles. The number of esters is 1. The van der Waals surface area contributed by atoms with Gasteiger partial charge < -0.3 is 9.47 Å². The Kier molecular flexibility index (Phi) is 6.42. The van der Waals surface area contributed by atoms with E-state index in [9.17, 15) is 4.79 Å². The van der Waals surface area contributed by atoms with Crippen molar-refractivity contribution in [1.82, 2.24) is 0 Å². The first-order valence-corrected chi connectivity index (χ1v) is 9.06. The van der Waals surface area contributed by atoms with Crippen LogP contribution in [-0.2, 0) is 10.5 Å². The van der Waals surface area contributed by atoms with Gasteiger partial charge in [0.05, 0.1) is 18.7 Å². The lowest BCUT2D eigenvalue weighted by Gasteiger charge is -2.21. The van der Waals surface area contributed by atoms with Gasteiger partial charge in [-0.1, -0.05) is 25.3 Å². The Bertz CT molecular complexity index is 499. The Morgan fingerprint density at radius 1 is 1.29 bits per heavy atom. The Morgan fingerprint density at radius 2 is 2.00 bits per heavy atom. The second kappa shape index (κ2) is 8.08. The van der Waals surface area contributed by atoms with Crippen LogP contribution in [0.1, 0.15) is 48.0 Å². The normalized spacial score (nSPS) is 15.8. The molecule has 5 heteroatoms. The van der Waals surface area contributed by atoms with Gasteiger partial charge in [0, 0.05) is 11.0 Å². The zero-order valence-electron chi connectivity index (χ0n) is 12.5. The van der Waals surface area contributed by atoms with Crippen molar-refractivity contribution in [3.63, 3.8) is 0 Å². The van der Waals surface area contributed by atoms with E-state index in [1.165, 1.54) is 39.2 Å². The molecule has 0 atom stereocenters. The molecule has 0 radical (unpaired) electrons. The van der Waals surface area contributed by atoms with Crippen molar-refractivity contribution in [1.29, 1.82) is 0 Å². The van der Waals surface area contributed by atoms with Crippen LogP contribution in [0.2, 0.25) is 0 Å². The molecule has 0 heterocycles. The Labute approximate surface area is 138 Å². The third-order valence-corrected chi connectivity index (χ3v) is 5.86. The van der Waals surface area contributed by atoms with Gasteiger partial charge in [0.2, 0.25) is 0 Å². The van der Waals surface area contributed by atoms with Crippen molar-refractivity contribution in [3.8, 4) is 5.75 Å². The van der Waals surface area contributed by atoms with E-state index in [2.05, 4.69) is 15.9 Å². The molecule has 0 saturated heterocycles. The molecule has 0 bridgehead atoms. The fourth-order valence-corrected chi connectivity index (χ4v) is 4.50. The van der Waals surface area contributed by atoms with Gasteiger partial charge in [-0.2, -0.15) is 11.8 Å². The summed E-state index contributed by atoms with van der Waals surface area (Å²) in [6.07, 6.45) is 6.57. The second-order valence-corrected chi connectivity index (χ2v) is 7.32. The first-order chi connectivity index (χ1) is 10.2. The van der Waals surface area contributed by atoms with Gasteiger partial charge in [-0.15, -0.1) is 0 Å². The minimum absolute atomic E-state index is 0.340. The standard InChI is InChI=1S/C16H21BrO3S/c1-19-15-13(17)9-8-11(14(15)16(18)20-2)10-21-12-6-4-3-5-7-12/h8-9,12H,3-7,10H2,1-2H3. The Balaban J connectivity index is 2.19. The zero-order valence-corrected chi connectivity index (χ0v) is 14.9. The Hall–Kier alpha value is -0.680. The smallest absolute Gasteiger partial charge is 0.342 e. The van der Waals surface area contributed by atoms with E-state index in [1.54, 1.807) is 7.11 Å². The van der Waals surface area contributed by atoms with Crippen LogP contribution in [0.3, 0.4) is 0 Å². The highest BCUT2D eigenvalue weighted by molar-refractivity contribution is 9.10. The highest BCUT2D eigenvalue weighted by atomic mass is 79.9. The van der Waals surface area contributed by atoms with E-state index in [0.717, 1.165) is 15.8 Å². The van der Waals surface area contributed by atoms with Crippen LogP contribution in [0, 0.1) is 0 Å². The lowest BCUT2D eigenvalue weighted by atomic mass is 10.0. The fourth-order valence-electron chi connectivity index (χ4n) is 2.68. The average molecular weight is 373 g/mol. The number of benzene rings is 1. The molecule has 0 aliphatic heterocycles. The van der Waals surface area contributed by atoms with E-state index >= 15 is 0 Å². The van der Waals surface area contributed by atoms with Gasteiger partial charge in [-0.05, 0) is 40.4 Å². The van der Waals surface area contributed by atoms with Crippen LogP contribution in [-0.4, -0.2) is 25.4 Å². The first-order valence-electron chi connectivity index (χ1n) is 7.22. The summed E-state index contributed by atoms with van der Waals surface area (Å²) < 4.78 is 11.1. The molecule has 116 valence electrons. The van der Waals surface area contributed by atoms with Crippen LogP contribution in [0.4, 0.5) is 0 Å². The van der Waals surface area contributed by atoms with Crippen molar-refractivity contribution < 1.29 is 14.3 Å². The van der Waals surface area contributed by atoms with Crippen LogP contribution in [0.25, 0.3) is 0 Å². The lowest BCUT2D eigenvalue weighted by molar-refractivity contribution is 0.0596. The molecule has 1 aromatic rings. The molecular formula is C16H21BrO3S. The van der Waals surface area contributed by atoms with Gasteiger partial charge in [0.15, 0.2) is 0 Å². The van der Waals surface area contributed by atoms with Gasteiger partial charge in [0.25, 0.3) is 0 Å². The summed E-state index contributed by atoms with van der Waals surface area (Å²) in [7, 11) is 2.98. The van der Waals surface area contributed by atoms with Crippen LogP contribution in [0.15, 0.2) is 16.6 Å². The summed E-state index contributed by atoms with van der Waals surface area (Å²) in [5, 5.41) is 0.707. The van der Waals surface area contributed by atoms with Gasteiger partial charge in [-0.3, -0.25) is 0 Å². The van der Waals surface area contributed by atoms with E-state index < -0.39 is 0 Å². The number of thioether (sulfide) groups is 1. The molecule has 0 unspecified atom stereocenters. The lowest BCUT2D eigenvalue weighted by Crippen LogP contribution is -2.11. The molecule has 2 rings (SSSR count). The summed E-state index contributed by atoms with van der Waals surface area (Å²) in [6.45, 7) is 0. The average Bonchev–Trinajstić information content (AvgIpc) is 2.53. The quantitative estimate of drug-likeness (QED) is 0.694. The molecule has 1 aliphatic rings. The van der Waals surface area contributed by atoms with Crippen LogP contribution >= 0.6 is 27.7 Å². The maximum atomic E-state index is 12.1. The fraction of sp³-hybridized carbons (Fsp3) is 0.562. The first kappa shape index (κ1) is 16.7. The SMILES string of the molecule is COC(=O)c1c(CSC2CCCCC2)ccc(Br)c1OC. The number of halogens is 1. The van der Waals surface area contributed by atoms with Crippen molar-refractivity contribution >= 4 is 33.7 Å². The molecule has 1 aliphatic carbocycles. The summed E-state index contributed by atoms with van der Waals surface area (Å²) in [4.78, 5) is 12.1. The molecule has 3 nitrogen and oxygen atoms in total. The van der Waals surface area contributed by atoms with E-state index in [1.807, 2.05) is 23.9 Å². The predicted octanol–water partition coefficient (Wildman–Crippen LogP) is 4.81. The molecule has 0 N–H and O–H groups in total. The third-order valence-electron chi connectivity index (χ3n) is 3.82. The molecule has 1 aromatic carbocycles. The highest BCUT2D eigenvalue weighted by Crippen LogP contribution is 2.36. The predicted molar refractivity (Wildman–Crippen MR) is 90.2 cm³/mol. The minimum Gasteiger partial charge on any atom is -0.495 e. The topological polar surface area (TPSA) is 35.5 Å². The maximum absolute atomic E-state index is 12.1. The summed E-state index contributed by atoms with van der Waals surface area (Å²) >= 11 is 5.37. The van der Waals surface area contributed by atoms with Gasteiger partial charge in [-0.25, -0.2) is 4.79 Å².